The number of halogens is 1. The number of hydrogen-bond donors (Lipinski definition) is 0. The lowest BCUT2D eigenvalue weighted by Crippen LogP contribution is -2.23. The third-order valence-electron chi connectivity index (χ3n) is 4.61. The zero-order valence-corrected chi connectivity index (χ0v) is 18.1. The molecular weight excluding hydrogens is 410 g/mol. The van der Waals surface area contributed by atoms with Crippen LogP contribution in [0.5, 0.6) is 0 Å². The molecule has 150 valence electrons. The highest BCUT2D eigenvalue weighted by atomic mass is 35.5. The lowest BCUT2D eigenvalue weighted by Gasteiger charge is -2.11. The molecule has 0 radical (unpaired) electrons. The fourth-order valence-electron chi connectivity index (χ4n) is 3.13. The number of ether oxygens (including phenoxy) is 1. The highest BCUT2D eigenvalue weighted by molar-refractivity contribution is 7.15. The molecule has 1 aliphatic rings. The monoisotopic (exact) mass is 429 g/mol. The fraction of sp³-hybridized carbons (Fsp3) is 0.300. The normalized spacial score (nSPS) is 15.3. The van der Waals surface area contributed by atoms with Gasteiger partial charge in [-0.1, -0.05) is 36.7 Å². The molecule has 3 aromatic rings. The molecule has 1 unspecified atom stereocenters. The Kier molecular flexibility index (Phi) is 5.24. The van der Waals surface area contributed by atoms with Crippen molar-refractivity contribution >= 4 is 34.6 Å². The summed E-state index contributed by atoms with van der Waals surface area (Å²) in [4.78, 5) is 24.4. The van der Waals surface area contributed by atoms with Crippen LogP contribution in [0, 0.1) is 0 Å². The van der Waals surface area contributed by atoms with Gasteiger partial charge in [-0.2, -0.15) is 0 Å². The molecule has 1 aromatic carbocycles. The quantitative estimate of drug-likeness (QED) is 0.633. The number of aromatic nitrogens is 3. The van der Waals surface area contributed by atoms with Gasteiger partial charge in [-0.25, -0.2) is 14.7 Å². The highest BCUT2D eigenvalue weighted by Crippen LogP contribution is 2.36. The number of hydrogen-bond acceptors (Lipinski definition) is 6. The van der Waals surface area contributed by atoms with E-state index in [0.29, 0.717) is 10.8 Å². The van der Waals surface area contributed by atoms with Gasteiger partial charge in [0.25, 0.3) is 5.91 Å². The summed E-state index contributed by atoms with van der Waals surface area (Å²) in [6.07, 6.45) is 0.150. The molecule has 0 N–H and O–H groups in total. The zero-order valence-electron chi connectivity index (χ0n) is 16.5. The van der Waals surface area contributed by atoms with Crippen molar-refractivity contribution in [3.05, 3.63) is 63.0 Å². The van der Waals surface area contributed by atoms with Crippen molar-refractivity contribution in [2.24, 2.45) is 4.99 Å². The summed E-state index contributed by atoms with van der Waals surface area (Å²) in [6, 6.07) is 9.68. The largest absolute Gasteiger partial charge is 0.353 e. The Morgan fingerprint density at radius 3 is 2.72 bits per heavy atom. The summed E-state index contributed by atoms with van der Waals surface area (Å²) in [5.74, 6) is 0.302. The van der Waals surface area contributed by atoms with Gasteiger partial charge < -0.3 is 9.64 Å². The SMILES string of the molecule is CCc1cc2c(s1)-n1nc(C(=O)N(C)C)nc1C(OC)N=C2c1ccccc1Cl. The number of aryl methyl sites for hydroxylation is 1. The van der Waals surface area contributed by atoms with E-state index < -0.39 is 6.23 Å². The van der Waals surface area contributed by atoms with Gasteiger partial charge >= 0.3 is 0 Å². The molecule has 0 spiro atoms. The average molecular weight is 430 g/mol. The lowest BCUT2D eigenvalue weighted by atomic mass is 10.0. The Morgan fingerprint density at radius 2 is 2.07 bits per heavy atom. The molecule has 1 amide bonds. The van der Waals surface area contributed by atoms with Crippen molar-refractivity contribution < 1.29 is 9.53 Å². The number of nitrogens with zero attached hydrogens (tertiary/aromatic N) is 5. The van der Waals surface area contributed by atoms with Crippen LogP contribution in [0.25, 0.3) is 5.00 Å². The summed E-state index contributed by atoms with van der Waals surface area (Å²) < 4.78 is 7.30. The van der Waals surface area contributed by atoms with Gasteiger partial charge in [0.1, 0.15) is 5.00 Å². The summed E-state index contributed by atoms with van der Waals surface area (Å²) in [5, 5.41) is 5.96. The van der Waals surface area contributed by atoms with E-state index in [1.165, 1.54) is 9.78 Å². The molecule has 4 rings (SSSR count). The smallest absolute Gasteiger partial charge is 0.293 e. The first-order valence-corrected chi connectivity index (χ1v) is 10.3. The minimum absolute atomic E-state index is 0.112. The van der Waals surface area contributed by atoms with Gasteiger partial charge in [-0.15, -0.1) is 16.4 Å². The van der Waals surface area contributed by atoms with E-state index in [2.05, 4.69) is 23.1 Å². The molecule has 2 aromatic heterocycles. The predicted molar refractivity (Wildman–Crippen MR) is 113 cm³/mol. The maximum atomic E-state index is 12.4. The van der Waals surface area contributed by atoms with E-state index in [4.69, 9.17) is 21.3 Å². The van der Waals surface area contributed by atoms with Crippen LogP contribution >= 0.6 is 22.9 Å². The van der Waals surface area contributed by atoms with Crippen LogP contribution in [0.1, 0.15) is 45.6 Å². The van der Waals surface area contributed by atoms with Crippen molar-refractivity contribution in [3.8, 4) is 5.00 Å². The number of rotatable bonds is 4. The van der Waals surface area contributed by atoms with Gasteiger partial charge in [-0.3, -0.25) is 4.79 Å². The summed E-state index contributed by atoms with van der Waals surface area (Å²) in [7, 11) is 4.89. The molecular formula is C20H20ClN5O2S. The number of thiophene rings is 1. The number of methoxy groups -OCH3 is 1. The van der Waals surface area contributed by atoms with Crippen LogP contribution < -0.4 is 0 Å². The van der Waals surface area contributed by atoms with Gasteiger partial charge in [-0.05, 0) is 18.6 Å². The van der Waals surface area contributed by atoms with Crippen molar-refractivity contribution in [3.63, 3.8) is 0 Å². The first kappa shape index (κ1) is 19.8. The molecule has 3 heterocycles. The molecule has 0 aliphatic carbocycles. The number of carbonyl (C=O) groups is 1. The van der Waals surface area contributed by atoms with Gasteiger partial charge in [0.15, 0.2) is 5.82 Å². The van der Waals surface area contributed by atoms with Crippen molar-refractivity contribution in [2.75, 3.05) is 21.2 Å². The topological polar surface area (TPSA) is 72.6 Å². The third kappa shape index (κ3) is 3.37. The Labute approximate surface area is 177 Å². The van der Waals surface area contributed by atoms with E-state index >= 15 is 0 Å². The molecule has 0 bridgehead atoms. The summed E-state index contributed by atoms with van der Waals surface area (Å²) in [6.45, 7) is 2.10. The molecule has 9 heteroatoms. The second-order valence-electron chi connectivity index (χ2n) is 6.74. The lowest BCUT2D eigenvalue weighted by molar-refractivity contribution is 0.0814. The maximum absolute atomic E-state index is 12.4. The maximum Gasteiger partial charge on any atom is 0.293 e. The highest BCUT2D eigenvalue weighted by Gasteiger charge is 2.32. The number of amides is 1. The van der Waals surface area contributed by atoms with Crippen LogP contribution in [0.4, 0.5) is 0 Å². The molecule has 7 nitrogen and oxygen atoms in total. The van der Waals surface area contributed by atoms with Crippen LogP contribution in [-0.4, -0.2) is 52.5 Å². The molecule has 0 fully saturated rings. The second-order valence-corrected chi connectivity index (χ2v) is 8.26. The Balaban J connectivity index is 1.98. The van der Waals surface area contributed by atoms with E-state index in [0.717, 1.165) is 28.3 Å². The van der Waals surface area contributed by atoms with E-state index in [-0.39, 0.29) is 11.7 Å². The second kappa shape index (κ2) is 7.70. The van der Waals surface area contributed by atoms with Crippen molar-refractivity contribution in [2.45, 2.75) is 19.6 Å². The van der Waals surface area contributed by atoms with Gasteiger partial charge in [0.2, 0.25) is 12.1 Å². The first-order chi connectivity index (χ1) is 13.9. The standard InChI is InChI=1S/C20H20ClN5O2S/c1-5-11-10-13-15(12-8-6-7-9-14(12)21)22-18(28-4)17-23-16(19(27)25(2)3)24-26(17)20(13)29-11/h6-10,18H,5H2,1-4H3. The minimum Gasteiger partial charge on any atom is -0.353 e. The van der Waals surface area contributed by atoms with E-state index in [1.807, 2.05) is 24.3 Å². The zero-order chi connectivity index (χ0) is 20.7. The van der Waals surface area contributed by atoms with Crippen LogP contribution in [0.2, 0.25) is 5.02 Å². The number of aliphatic imine (C=N–C) groups is 1. The minimum atomic E-state index is -0.720. The number of fused-ring (bicyclic) bond motifs is 3. The predicted octanol–water partition coefficient (Wildman–Crippen LogP) is 3.74. The summed E-state index contributed by atoms with van der Waals surface area (Å²) in [5.41, 5.74) is 2.43. The molecule has 0 saturated heterocycles. The Hall–Kier alpha value is -2.55. The van der Waals surface area contributed by atoms with Crippen molar-refractivity contribution in [1.29, 1.82) is 0 Å². The fourth-order valence-corrected chi connectivity index (χ4v) is 4.41. The molecule has 1 atom stereocenters. The van der Waals surface area contributed by atoms with Crippen LogP contribution in [-0.2, 0) is 11.2 Å². The summed E-state index contributed by atoms with van der Waals surface area (Å²) >= 11 is 8.09. The van der Waals surface area contributed by atoms with Crippen LogP contribution in [0.3, 0.4) is 0 Å². The number of benzene rings is 1. The first-order valence-electron chi connectivity index (χ1n) is 9.12. The Morgan fingerprint density at radius 1 is 1.31 bits per heavy atom. The third-order valence-corrected chi connectivity index (χ3v) is 6.19. The van der Waals surface area contributed by atoms with E-state index in [9.17, 15) is 4.79 Å². The van der Waals surface area contributed by atoms with Crippen molar-refractivity contribution in [1.82, 2.24) is 19.7 Å². The average Bonchev–Trinajstić information content (AvgIpc) is 3.31. The Bertz CT molecular complexity index is 1120. The number of carbonyl (C=O) groups excluding carboxylic acids is 1. The van der Waals surface area contributed by atoms with Gasteiger partial charge in [0.05, 0.1) is 5.71 Å². The van der Waals surface area contributed by atoms with E-state index in [1.54, 1.807) is 37.2 Å². The van der Waals surface area contributed by atoms with Crippen LogP contribution in [0.15, 0.2) is 35.3 Å². The van der Waals surface area contributed by atoms with Gasteiger partial charge in [0, 0.05) is 42.2 Å². The molecule has 1 aliphatic heterocycles. The molecule has 0 saturated carbocycles. The molecule has 29 heavy (non-hydrogen) atoms.